The summed E-state index contributed by atoms with van der Waals surface area (Å²) in [6.45, 7) is 2.03. The summed E-state index contributed by atoms with van der Waals surface area (Å²) in [4.78, 5) is 13.6. The highest BCUT2D eigenvalue weighted by Crippen LogP contribution is 2.35. The summed E-state index contributed by atoms with van der Waals surface area (Å²) in [5, 5.41) is 5.06. The standard InChI is InChI=1S/C22H18N2OS/c1-16-9-11-18(12-10-16)23-22(25)21-20(24-13-5-6-14-24)19(15-26-21)17-7-3-2-4-8-17/h2-15H,1H3,(H,23,25). The van der Waals surface area contributed by atoms with Crippen molar-refractivity contribution in [3.63, 3.8) is 0 Å². The molecule has 0 spiro atoms. The number of amides is 1. The molecule has 2 aromatic heterocycles. The SMILES string of the molecule is Cc1ccc(NC(=O)c2scc(-c3ccccc3)c2-n2cccc2)cc1. The number of carbonyl (C=O) groups excluding carboxylic acids is 1. The van der Waals surface area contributed by atoms with Crippen molar-refractivity contribution in [2.24, 2.45) is 0 Å². The van der Waals surface area contributed by atoms with Gasteiger partial charge in [-0.15, -0.1) is 11.3 Å². The number of thiophene rings is 1. The van der Waals surface area contributed by atoms with E-state index in [1.54, 1.807) is 0 Å². The summed E-state index contributed by atoms with van der Waals surface area (Å²) >= 11 is 1.47. The van der Waals surface area contributed by atoms with Crippen LogP contribution in [0.3, 0.4) is 0 Å². The molecule has 3 nitrogen and oxygen atoms in total. The lowest BCUT2D eigenvalue weighted by atomic mass is 10.1. The van der Waals surface area contributed by atoms with Gasteiger partial charge in [0.25, 0.3) is 5.91 Å². The summed E-state index contributed by atoms with van der Waals surface area (Å²) < 4.78 is 2.00. The Morgan fingerprint density at radius 3 is 2.31 bits per heavy atom. The number of aryl methyl sites for hydroxylation is 1. The molecule has 2 aromatic carbocycles. The lowest BCUT2D eigenvalue weighted by Crippen LogP contribution is -2.12. The Kier molecular flexibility index (Phi) is 4.42. The molecule has 0 aliphatic rings. The van der Waals surface area contributed by atoms with Crippen LogP contribution in [0.5, 0.6) is 0 Å². The van der Waals surface area contributed by atoms with Crippen molar-refractivity contribution >= 4 is 22.9 Å². The van der Waals surface area contributed by atoms with E-state index in [9.17, 15) is 4.79 Å². The van der Waals surface area contributed by atoms with E-state index in [0.29, 0.717) is 4.88 Å². The third-order valence-electron chi connectivity index (χ3n) is 4.23. The number of hydrogen-bond donors (Lipinski definition) is 1. The largest absolute Gasteiger partial charge is 0.322 e. The number of carbonyl (C=O) groups is 1. The molecule has 0 saturated heterocycles. The van der Waals surface area contributed by atoms with E-state index in [4.69, 9.17) is 0 Å². The molecule has 0 saturated carbocycles. The summed E-state index contributed by atoms with van der Waals surface area (Å²) in [6, 6.07) is 21.9. The van der Waals surface area contributed by atoms with Gasteiger partial charge in [0.05, 0.1) is 5.69 Å². The number of benzene rings is 2. The number of rotatable bonds is 4. The molecule has 0 aliphatic heterocycles. The topological polar surface area (TPSA) is 34.0 Å². The third-order valence-corrected chi connectivity index (χ3v) is 5.20. The van der Waals surface area contributed by atoms with Crippen LogP contribution in [-0.2, 0) is 0 Å². The van der Waals surface area contributed by atoms with Crippen LogP contribution in [-0.4, -0.2) is 10.5 Å². The molecular weight excluding hydrogens is 340 g/mol. The highest BCUT2D eigenvalue weighted by molar-refractivity contribution is 7.13. The zero-order valence-corrected chi connectivity index (χ0v) is 15.2. The van der Waals surface area contributed by atoms with Crippen molar-refractivity contribution in [3.8, 4) is 16.8 Å². The van der Waals surface area contributed by atoms with Crippen LogP contribution < -0.4 is 5.32 Å². The fourth-order valence-electron chi connectivity index (χ4n) is 2.90. The van der Waals surface area contributed by atoms with Gasteiger partial charge in [0.1, 0.15) is 4.88 Å². The summed E-state index contributed by atoms with van der Waals surface area (Å²) in [7, 11) is 0. The van der Waals surface area contributed by atoms with Gasteiger partial charge in [0.2, 0.25) is 0 Å². The maximum atomic E-state index is 12.9. The molecular formula is C22H18N2OS. The average Bonchev–Trinajstić information content (AvgIpc) is 3.33. The molecule has 0 atom stereocenters. The second-order valence-electron chi connectivity index (χ2n) is 6.10. The minimum absolute atomic E-state index is 0.0928. The maximum absolute atomic E-state index is 12.9. The van der Waals surface area contributed by atoms with Gasteiger partial charge in [-0.1, -0.05) is 48.0 Å². The number of nitrogens with one attached hydrogen (secondary N) is 1. The Hall–Kier alpha value is -3.11. The molecule has 1 N–H and O–H groups in total. The molecule has 2 heterocycles. The van der Waals surface area contributed by atoms with E-state index in [-0.39, 0.29) is 5.91 Å². The average molecular weight is 358 g/mol. The number of hydrogen-bond acceptors (Lipinski definition) is 2. The van der Waals surface area contributed by atoms with Crippen molar-refractivity contribution in [1.82, 2.24) is 4.57 Å². The normalized spacial score (nSPS) is 10.7. The van der Waals surface area contributed by atoms with Crippen LogP contribution in [0.2, 0.25) is 0 Å². The van der Waals surface area contributed by atoms with E-state index >= 15 is 0 Å². The Labute approximate surface area is 156 Å². The minimum atomic E-state index is -0.0928. The number of aromatic nitrogens is 1. The highest BCUT2D eigenvalue weighted by atomic mass is 32.1. The first kappa shape index (κ1) is 16.4. The summed E-state index contributed by atoms with van der Waals surface area (Å²) in [5.74, 6) is -0.0928. The maximum Gasteiger partial charge on any atom is 0.267 e. The van der Waals surface area contributed by atoms with E-state index in [1.165, 1.54) is 16.9 Å². The number of anilines is 1. The van der Waals surface area contributed by atoms with Crippen molar-refractivity contribution in [2.45, 2.75) is 6.92 Å². The Morgan fingerprint density at radius 1 is 0.923 bits per heavy atom. The smallest absolute Gasteiger partial charge is 0.267 e. The molecule has 128 valence electrons. The second kappa shape index (κ2) is 7.02. The molecule has 0 bridgehead atoms. The van der Waals surface area contributed by atoms with Gasteiger partial charge >= 0.3 is 0 Å². The van der Waals surface area contributed by atoms with Crippen LogP contribution >= 0.6 is 11.3 Å². The first-order valence-electron chi connectivity index (χ1n) is 8.40. The van der Waals surface area contributed by atoms with E-state index in [1.807, 2.05) is 78.5 Å². The van der Waals surface area contributed by atoms with Gasteiger partial charge in [-0.3, -0.25) is 4.79 Å². The van der Waals surface area contributed by atoms with Gasteiger partial charge < -0.3 is 9.88 Å². The third kappa shape index (κ3) is 3.19. The molecule has 0 radical (unpaired) electrons. The van der Waals surface area contributed by atoms with E-state index in [2.05, 4.69) is 22.8 Å². The van der Waals surface area contributed by atoms with E-state index < -0.39 is 0 Å². The van der Waals surface area contributed by atoms with Crippen LogP contribution in [0.25, 0.3) is 16.8 Å². The van der Waals surface area contributed by atoms with Crippen LogP contribution in [0.1, 0.15) is 15.2 Å². The van der Waals surface area contributed by atoms with Crippen molar-refractivity contribution < 1.29 is 4.79 Å². The Morgan fingerprint density at radius 2 is 1.62 bits per heavy atom. The molecule has 4 rings (SSSR count). The lowest BCUT2D eigenvalue weighted by Gasteiger charge is -2.10. The fourth-order valence-corrected chi connectivity index (χ4v) is 3.87. The first-order chi connectivity index (χ1) is 12.7. The molecule has 4 aromatic rings. The molecule has 4 heteroatoms. The molecule has 1 amide bonds. The summed E-state index contributed by atoms with van der Waals surface area (Å²) in [6.07, 6.45) is 3.94. The molecule has 0 unspecified atom stereocenters. The van der Waals surface area contributed by atoms with Gasteiger partial charge in [-0.05, 0) is 36.8 Å². The van der Waals surface area contributed by atoms with Gasteiger partial charge in [0, 0.05) is 29.0 Å². The second-order valence-corrected chi connectivity index (χ2v) is 6.98. The monoisotopic (exact) mass is 358 g/mol. The minimum Gasteiger partial charge on any atom is -0.322 e. The summed E-state index contributed by atoms with van der Waals surface area (Å²) in [5.41, 5.74) is 5.03. The predicted octanol–water partition coefficient (Wildman–Crippen LogP) is 5.77. The van der Waals surface area contributed by atoms with Gasteiger partial charge in [0.15, 0.2) is 0 Å². The highest BCUT2D eigenvalue weighted by Gasteiger charge is 2.20. The number of nitrogens with zero attached hydrogens (tertiary/aromatic N) is 1. The zero-order chi connectivity index (χ0) is 17.9. The van der Waals surface area contributed by atoms with Crippen LogP contribution in [0, 0.1) is 6.92 Å². The van der Waals surface area contributed by atoms with Gasteiger partial charge in [-0.2, -0.15) is 0 Å². The van der Waals surface area contributed by atoms with Crippen LogP contribution in [0.4, 0.5) is 5.69 Å². The zero-order valence-electron chi connectivity index (χ0n) is 14.3. The molecule has 26 heavy (non-hydrogen) atoms. The van der Waals surface area contributed by atoms with Crippen LogP contribution in [0.15, 0.2) is 84.5 Å². The molecule has 0 aliphatic carbocycles. The Bertz CT molecular complexity index is 1020. The quantitative estimate of drug-likeness (QED) is 0.494. The Balaban J connectivity index is 1.75. The first-order valence-corrected chi connectivity index (χ1v) is 9.28. The molecule has 0 fully saturated rings. The fraction of sp³-hybridized carbons (Fsp3) is 0.0455. The van der Waals surface area contributed by atoms with Crippen molar-refractivity contribution in [2.75, 3.05) is 5.32 Å². The predicted molar refractivity (Wildman–Crippen MR) is 108 cm³/mol. The lowest BCUT2D eigenvalue weighted by molar-refractivity contribution is 0.103. The van der Waals surface area contributed by atoms with E-state index in [0.717, 1.165) is 22.5 Å². The van der Waals surface area contributed by atoms with Gasteiger partial charge in [-0.25, -0.2) is 0 Å². The van der Waals surface area contributed by atoms with Crippen molar-refractivity contribution in [1.29, 1.82) is 0 Å². The van der Waals surface area contributed by atoms with Crippen molar-refractivity contribution in [3.05, 3.63) is 94.9 Å².